The van der Waals surface area contributed by atoms with Crippen LogP contribution in [0.1, 0.15) is 45.1 Å². The van der Waals surface area contributed by atoms with Crippen molar-refractivity contribution in [2.75, 3.05) is 0 Å². The summed E-state index contributed by atoms with van der Waals surface area (Å²) in [4.78, 5) is 31.1. The molecule has 1 fully saturated rings. The number of imidazole rings is 1. The van der Waals surface area contributed by atoms with Gasteiger partial charge in [-0.25, -0.2) is 4.79 Å². The highest BCUT2D eigenvalue weighted by Gasteiger charge is 2.34. The quantitative estimate of drug-likeness (QED) is 0.298. The highest BCUT2D eigenvalue weighted by Crippen LogP contribution is 2.34. The van der Waals surface area contributed by atoms with Gasteiger partial charge in [-0.3, -0.25) is 18.5 Å². The van der Waals surface area contributed by atoms with Gasteiger partial charge in [0.25, 0.3) is 5.56 Å². The van der Waals surface area contributed by atoms with Crippen LogP contribution in [0.2, 0.25) is 5.02 Å². The van der Waals surface area contributed by atoms with Gasteiger partial charge < -0.3 is 14.6 Å². The molecule has 4 rings (SSSR count). The third-order valence-electron chi connectivity index (χ3n) is 6.65. The van der Waals surface area contributed by atoms with Crippen molar-refractivity contribution in [3.8, 4) is 6.01 Å². The molecule has 210 valence electrons. The van der Waals surface area contributed by atoms with E-state index in [2.05, 4.69) is 9.72 Å². The Hall–Kier alpha value is -3.51. The maximum Gasteiger partial charge on any atom is 0.572 e. The maximum atomic E-state index is 13.7. The average molecular weight is 569 g/mol. The normalized spacial score (nSPS) is 15.9. The number of aliphatic hydroxyl groups is 1. The van der Waals surface area contributed by atoms with Crippen molar-refractivity contribution in [3.63, 3.8) is 0 Å². The molecule has 9 nitrogen and oxygen atoms in total. The van der Waals surface area contributed by atoms with Gasteiger partial charge in [-0.15, -0.1) is 13.2 Å². The van der Waals surface area contributed by atoms with Gasteiger partial charge in [0.2, 0.25) is 0 Å². The van der Waals surface area contributed by atoms with Gasteiger partial charge in [-0.2, -0.15) is 4.98 Å². The molecule has 1 N–H and O–H groups in total. The fraction of sp³-hybridized carbons (Fsp3) is 0.423. The molecule has 13 heteroatoms. The van der Waals surface area contributed by atoms with Crippen LogP contribution in [0.5, 0.6) is 6.01 Å². The first-order chi connectivity index (χ1) is 18.3. The lowest BCUT2D eigenvalue weighted by atomic mass is 9.78. The van der Waals surface area contributed by atoms with Crippen LogP contribution >= 0.6 is 11.6 Å². The number of benzene rings is 1. The molecule has 0 aliphatic heterocycles. The van der Waals surface area contributed by atoms with Crippen LogP contribution in [0.15, 0.2) is 57.5 Å². The van der Waals surface area contributed by atoms with Crippen LogP contribution < -0.4 is 16.0 Å². The molecule has 0 saturated heterocycles. The van der Waals surface area contributed by atoms with Crippen molar-refractivity contribution in [1.82, 2.24) is 18.7 Å². The molecule has 0 amide bonds. The second-order valence-corrected chi connectivity index (χ2v) is 9.94. The molecule has 2 aromatic heterocycles. The van der Waals surface area contributed by atoms with E-state index in [0.717, 1.165) is 29.6 Å². The maximum absolute atomic E-state index is 13.7. The monoisotopic (exact) mass is 568 g/mol. The molecule has 0 bridgehead atoms. The first kappa shape index (κ1) is 28.5. The molecular formula is C26H28ClF3N4O5. The molecule has 0 atom stereocenters. The van der Waals surface area contributed by atoms with Crippen LogP contribution in [0.4, 0.5) is 13.2 Å². The number of aryl methyl sites for hydroxylation is 1. The standard InChI is InChI=1S/C26H28ClF3N4O5/c1-4-19(14-16(2)39-26(28,29)30)38-23-31-21-20(34(23)15-17-6-8-18(27)9-7-17)22(35)33(24(36)32(21)3)13-12-25(37)10-5-11-25/h4,6-9,14,37H,5,10-13,15H2,1-3H3/b16-14+,19-4+. The fourth-order valence-corrected chi connectivity index (χ4v) is 4.52. The zero-order valence-corrected chi connectivity index (χ0v) is 22.3. The molecule has 3 aromatic rings. The number of hydrogen-bond donors (Lipinski definition) is 1. The minimum atomic E-state index is -4.88. The van der Waals surface area contributed by atoms with Crippen molar-refractivity contribution in [3.05, 3.63) is 79.4 Å². The van der Waals surface area contributed by atoms with Crippen molar-refractivity contribution in [2.24, 2.45) is 7.05 Å². The van der Waals surface area contributed by atoms with Crippen LogP contribution in [-0.2, 0) is 24.9 Å². The molecule has 0 unspecified atom stereocenters. The van der Waals surface area contributed by atoms with Crippen molar-refractivity contribution in [1.29, 1.82) is 0 Å². The van der Waals surface area contributed by atoms with Gasteiger partial charge in [0, 0.05) is 24.7 Å². The van der Waals surface area contributed by atoms with Gasteiger partial charge in [0.05, 0.1) is 12.1 Å². The largest absolute Gasteiger partial charge is 0.572 e. The van der Waals surface area contributed by atoms with Crippen LogP contribution in [0.25, 0.3) is 11.2 Å². The zero-order valence-electron chi connectivity index (χ0n) is 21.6. The Morgan fingerprint density at radius 2 is 1.87 bits per heavy atom. The van der Waals surface area contributed by atoms with E-state index in [0.29, 0.717) is 17.9 Å². The molecule has 2 heterocycles. The first-order valence-electron chi connectivity index (χ1n) is 12.3. The smallest absolute Gasteiger partial charge is 0.426 e. The average Bonchev–Trinajstić information content (AvgIpc) is 3.19. The lowest BCUT2D eigenvalue weighted by molar-refractivity contribution is -0.305. The van der Waals surface area contributed by atoms with Gasteiger partial charge in [-0.05, 0) is 63.3 Å². The van der Waals surface area contributed by atoms with Gasteiger partial charge in [0.1, 0.15) is 11.5 Å². The zero-order chi connectivity index (χ0) is 28.5. The Bertz CT molecular complexity index is 1550. The number of alkyl halides is 3. The lowest BCUT2D eigenvalue weighted by Gasteiger charge is -2.36. The van der Waals surface area contributed by atoms with E-state index >= 15 is 0 Å². The summed E-state index contributed by atoms with van der Waals surface area (Å²) in [5.41, 5.74) is -1.32. The summed E-state index contributed by atoms with van der Waals surface area (Å²) in [6.07, 6.45) is -0.0958. The Labute approximate surface area is 226 Å². The van der Waals surface area contributed by atoms with Crippen LogP contribution in [0, 0.1) is 0 Å². The van der Waals surface area contributed by atoms with E-state index in [-0.39, 0.29) is 42.4 Å². The predicted molar refractivity (Wildman–Crippen MR) is 138 cm³/mol. The van der Waals surface area contributed by atoms with Crippen molar-refractivity contribution in [2.45, 2.75) is 64.6 Å². The third-order valence-corrected chi connectivity index (χ3v) is 6.90. The highest BCUT2D eigenvalue weighted by molar-refractivity contribution is 6.30. The Kier molecular flexibility index (Phi) is 7.99. The summed E-state index contributed by atoms with van der Waals surface area (Å²) >= 11 is 6.01. The summed E-state index contributed by atoms with van der Waals surface area (Å²) in [5, 5.41) is 11.0. The van der Waals surface area contributed by atoms with E-state index in [4.69, 9.17) is 16.3 Å². The summed E-state index contributed by atoms with van der Waals surface area (Å²) in [6, 6.07) is 6.69. The van der Waals surface area contributed by atoms with E-state index < -0.39 is 29.0 Å². The molecule has 1 saturated carbocycles. The molecule has 1 aliphatic rings. The lowest BCUT2D eigenvalue weighted by Crippen LogP contribution is -2.43. The SMILES string of the molecule is C/C=C(\C=C(/C)OC(F)(F)F)Oc1nc2c(c(=O)n(CCC3(O)CCC3)c(=O)n2C)n1Cc1ccc(Cl)cc1. The van der Waals surface area contributed by atoms with E-state index in [1.807, 2.05) is 0 Å². The van der Waals surface area contributed by atoms with Gasteiger partial charge in [0.15, 0.2) is 11.2 Å². The molecule has 0 radical (unpaired) electrons. The number of aromatic nitrogens is 4. The fourth-order valence-electron chi connectivity index (χ4n) is 4.39. The predicted octanol–water partition coefficient (Wildman–Crippen LogP) is 4.63. The Balaban J connectivity index is 1.82. The second-order valence-electron chi connectivity index (χ2n) is 9.50. The minimum absolute atomic E-state index is 0.0110. The summed E-state index contributed by atoms with van der Waals surface area (Å²) in [6.45, 7) is 2.76. The van der Waals surface area contributed by atoms with Crippen molar-refractivity contribution < 1.29 is 27.8 Å². The van der Waals surface area contributed by atoms with Crippen LogP contribution in [0.3, 0.4) is 0 Å². The van der Waals surface area contributed by atoms with E-state index in [9.17, 15) is 27.9 Å². The first-order valence-corrected chi connectivity index (χ1v) is 12.6. The molecular weight excluding hydrogens is 541 g/mol. The minimum Gasteiger partial charge on any atom is -0.426 e. The summed E-state index contributed by atoms with van der Waals surface area (Å²) in [7, 11) is 1.46. The molecule has 39 heavy (non-hydrogen) atoms. The Morgan fingerprint density at radius 1 is 1.21 bits per heavy atom. The Morgan fingerprint density at radius 3 is 2.44 bits per heavy atom. The molecule has 1 aromatic carbocycles. The van der Waals surface area contributed by atoms with Crippen molar-refractivity contribution >= 4 is 22.8 Å². The number of rotatable bonds is 9. The number of nitrogens with zero attached hydrogens (tertiary/aromatic N) is 4. The number of hydrogen-bond acceptors (Lipinski definition) is 6. The second kappa shape index (κ2) is 10.9. The topological polar surface area (TPSA) is 101 Å². The highest BCUT2D eigenvalue weighted by atomic mass is 35.5. The molecule has 0 spiro atoms. The summed E-state index contributed by atoms with van der Waals surface area (Å²) in [5.74, 6) is -0.499. The van der Waals surface area contributed by atoms with Crippen LogP contribution in [-0.4, -0.2) is 35.8 Å². The third kappa shape index (κ3) is 6.39. The van der Waals surface area contributed by atoms with E-state index in [1.54, 1.807) is 31.2 Å². The number of allylic oxidation sites excluding steroid dienone is 3. The number of fused-ring (bicyclic) bond motifs is 1. The van der Waals surface area contributed by atoms with E-state index in [1.165, 1.54) is 22.3 Å². The number of ether oxygens (including phenoxy) is 2. The van der Waals surface area contributed by atoms with Gasteiger partial charge in [-0.1, -0.05) is 23.7 Å². The number of halogens is 4. The summed E-state index contributed by atoms with van der Waals surface area (Å²) < 4.78 is 51.4. The molecule has 1 aliphatic carbocycles. The van der Waals surface area contributed by atoms with Gasteiger partial charge >= 0.3 is 18.1 Å².